The van der Waals surface area contributed by atoms with E-state index in [1.54, 1.807) is 0 Å². The van der Waals surface area contributed by atoms with E-state index in [2.05, 4.69) is 104 Å². The molecule has 2 heterocycles. The maximum absolute atomic E-state index is 6.49. The Labute approximate surface area is 228 Å². The summed E-state index contributed by atoms with van der Waals surface area (Å²) in [6, 6.07) is 18.9. The summed E-state index contributed by atoms with van der Waals surface area (Å²) in [4.78, 5) is 12.3. The van der Waals surface area contributed by atoms with E-state index in [0.717, 1.165) is 67.8 Å². The molecule has 1 saturated heterocycles. The number of rotatable bonds is 10. The van der Waals surface area contributed by atoms with E-state index in [4.69, 9.17) is 16.6 Å². The van der Waals surface area contributed by atoms with Gasteiger partial charge in [0.2, 0.25) is 0 Å². The minimum absolute atomic E-state index is 0.0694. The molecule has 1 fully saturated rings. The third-order valence-electron chi connectivity index (χ3n) is 7.28. The minimum Gasteiger partial charge on any atom is -0.357 e. The summed E-state index contributed by atoms with van der Waals surface area (Å²) in [6.45, 7) is 21.6. The Hall–Kier alpha value is -2.98. The minimum atomic E-state index is 0.0694. The predicted molar refractivity (Wildman–Crippen MR) is 159 cm³/mol. The number of anilines is 1. The van der Waals surface area contributed by atoms with E-state index >= 15 is 0 Å². The molecule has 5 heteroatoms. The van der Waals surface area contributed by atoms with E-state index in [9.17, 15) is 0 Å². The number of allylic oxidation sites excluding steroid dienone is 1. The van der Waals surface area contributed by atoms with Crippen LogP contribution >= 0.6 is 11.6 Å². The lowest BCUT2D eigenvalue weighted by atomic mass is 9.85. The molecular formula is C32H41ClN4. The number of benzene rings is 2. The molecule has 0 radical (unpaired) electrons. The van der Waals surface area contributed by atoms with Crippen LogP contribution in [0.5, 0.6) is 0 Å². The molecule has 2 aromatic carbocycles. The van der Waals surface area contributed by atoms with Crippen LogP contribution in [0.3, 0.4) is 0 Å². The van der Waals surface area contributed by atoms with Crippen molar-refractivity contribution in [1.82, 2.24) is 9.80 Å². The van der Waals surface area contributed by atoms with Gasteiger partial charge in [-0.3, -0.25) is 0 Å². The van der Waals surface area contributed by atoms with E-state index < -0.39 is 0 Å². The first-order valence-electron chi connectivity index (χ1n) is 13.5. The molecule has 0 aromatic heterocycles. The van der Waals surface area contributed by atoms with Gasteiger partial charge in [0.05, 0.1) is 6.04 Å². The second-order valence-corrected chi connectivity index (χ2v) is 10.9. The van der Waals surface area contributed by atoms with Crippen molar-refractivity contribution in [2.45, 2.75) is 53.0 Å². The molecule has 0 spiro atoms. The molecule has 37 heavy (non-hydrogen) atoms. The summed E-state index contributed by atoms with van der Waals surface area (Å²) in [5, 5.41) is 0.763. The lowest BCUT2D eigenvalue weighted by molar-refractivity contribution is 0.303. The van der Waals surface area contributed by atoms with Crippen LogP contribution in [-0.4, -0.2) is 41.8 Å². The second-order valence-electron chi connectivity index (χ2n) is 10.5. The van der Waals surface area contributed by atoms with Crippen LogP contribution < -0.4 is 4.90 Å². The van der Waals surface area contributed by atoms with Crippen molar-refractivity contribution in [3.63, 3.8) is 0 Å². The van der Waals surface area contributed by atoms with Gasteiger partial charge in [0.25, 0.3) is 0 Å². The summed E-state index contributed by atoms with van der Waals surface area (Å²) >= 11 is 6.49. The first-order chi connectivity index (χ1) is 17.8. The van der Waals surface area contributed by atoms with Crippen molar-refractivity contribution in [2.75, 3.05) is 31.1 Å². The summed E-state index contributed by atoms with van der Waals surface area (Å²) in [7, 11) is 0. The number of amidine groups is 1. The molecule has 4 nitrogen and oxygen atoms in total. The van der Waals surface area contributed by atoms with Gasteiger partial charge < -0.3 is 14.7 Å². The molecule has 1 atom stereocenters. The highest BCUT2D eigenvalue weighted by molar-refractivity contribution is 6.30. The average Bonchev–Trinajstić information content (AvgIpc) is 3.24. The van der Waals surface area contributed by atoms with Crippen molar-refractivity contribution >= 4 is 23.1 Å². The molecular weight excluding hydrogens is 476 g/mol. The first kappa shape index (κ1) is 27.1. The van der Waals surface area contributed by atoms with Gasteiger partial charge in [-0.15, -0.1) is 0 Å². The van der Waals surface area contributed by atoms with Gasteiger partial charge in [0.15, 0.2) is 0 Å². The first-order valence-corrected chi connectivity index (χ1v) is 13.9. The largest absolute Gasteiger partial charge is 0.357 e. The highest BCUT2D eigenvalue weighted by atomic mass is 35.5. The average molecular weight is 517 g/mol. The maximum Gasteiger partial charge on any atom is 0.105 e. The number of para-hydroxylation sites is 1. The van der Waals surface area contributed by atoms with Crippen LogP contribution in [0.25, 0.3) is 0 Å². The van der Waals surface area contributed by atoms with Crippen LogP contribution in [-0.2, 0) is 0 Å². The van der Waals surface area contributed by atoms with Crippen molar-refractivity contribution < 1.29 is 0 Å². The quantitative estimate of drug-likeness (QED) is 0.318. The van der Waals surface area contributed by atoms with Crippen LogP contribution in [0.1, 0.15) is 58.6 Å². The Morgan fingerprint density at radius 2 is 1.84 bits per heavy atom. The fourth-order valence-corrected chi connectivity index (χ4v) is 5.84. The van der Waals surface area contributed by atoms with Gasteiger partial charge in [0, 0.05) is 54.6 Å². The molecule has 2 aromatic rings. The monoisotopic (exact) mass is 516 g/mol. The van der Waals surface area contributed by atoms with Crippen LogP contribution in [0.4, 0.5) is 5.69 Å². The Morgan fingerprint density at radius 3 is 2.51 bits per heavy atom. The van der Waals surface area contributed by atoms with E-state index in [0.29, 0.717) is 5.92 Å². The van der Waals surface area contributed by atoms with E-state index in [-0.39, 0.29) is 6.04 Å². The topological polar surface area (TPSA) is 22.1 Å². The molecule has 2 aliphatic rings. The van der Waals surface area contributed by atoms with Gasteiger partial charge in [0.1, 0.15) is 11.7 Å². The lowest BCUT2D eigenvalue weighted by Gasteiger charge is -2.41. The van der Waals surface area contributed by atoms with Crippen molar-refractivity contribution in [2.24, 2.45) is 10.9 Å². The Balaban J connectivity index is 1.55. The summed E-state index contributed by atoms with van der Waals surface area (Å²) in [6.07, 6.45) is 2.86. The highest BCUT2D eigenvalue weighted by Crippen LogP contribution is 2.41. The SMILES string of the molecule is C=C(CC(C)C)C1=C(C)N=C(CC)N(CCCN2CCN(c3ccccc3)C2=C)C1c1cccc(Cl)c1. The summed E-state index contributed by atoms with van der Waals surface area (Å²) < 4.78 is 0. The summed E-state index contributed by atoms with van der Waals surface area (Å²) in [5.74, 6) is 2.75. The molecule has 0 amide bonds. The molecule has 4 rings (SSSR count). The Kier molecular flexibility index (Phi) is 8.81. The standard InChI is InChI=1S/C32H41ClN4/c1-7-30-34-25(5)31(24(4)21-23(2)3)32(27-13-11-14-28(33)22-27)37(30)18-12-17-35-19-20-36(26(35)6)29-15-9-8-10-16-29/h8-11,13-16,22-23,32H,4,6-7,12,17-21H2,1-3,5H3. The van der Waals surface area contributed by atoms with Crippen molar-refractivity contribution in [1.29, 1.82) is 0 Å². The van der Waals surface area contributed by atoms with E-state index in [1.807, 2.05) is 6.07 Å². The van der Waals surface area contributed by atoms with Gasteiger partial charge >= 0.3 is 0 Å². The number of hydrogen-bond donors (Lipinski definition) is 0. The van der Waals surface area contributed by atoms with Crippen molar-refractivity contribution in [3.8, 4) is 0 Å². The van der Waals surface area contributed by atoms with E-state index in [1.165, 1.54) is 22.4 Å². The molecule has 0 bridgehead atoms. The lowest BCUT2D eigenvalue weighted by Crippen LogP contribution is -2.40. The molecule has 0 aliphatic carbocycles. The normalized spacial score (nSPS) is 18.2. The second kappa shape index (κ2) is 12.0. The third kappa shape index (κ3) is 6.13. The highest BCUT2D eigenvalue weighted by Gasteiger charge is 2.33. The zero-order valence-corrected chi connectivity index (χ0v) is 23.6. The van der Waals surface area contributed by atoms with Crippen LogP contribution in [0.2, 0.25) is 5.02 Å². The molecule has 1 unspecified atom stereocenters. The fraction of sp³-hybridized carbons (Fsp3) is 0.406. The molecule has 0 saturated carbocycles. The van der Waals surface area contributed by atoms with Crippen molar-refractivity contribution in [3.05, 3.63) is 101 Å². The van der Waals surface area contributed by atoms with Crippen LogP contribution in [0.15, 0.2) is 95.4 Å². The number of hydrogen-bond acceptors (Lipinski definition) is 4. The van der Waals surface area contributed by atoms with Gasteiger partial charge in [-0.2, -0.15) is 0 Å². The Bertz CT molecular complexity index is 1180. The zero-order chi connectivity index (χ0) is 26.5. The number of nitrogens with zero attached hydrogens (tertiary/aromatic N) is 4. The Morgan fingerprint density at radius 1 is 1.08 bits per heavy atom. The third-order valence-corrected chi connectivity index (χ3v) is 7.52. The molecule has 0 N–H and O–H groups in total. The molecule has 196 valence electrons. The number of aliphatic imine (C=N–C) groups is 1. The van der Waals surface area contributed by atoms with Gasteiger partial charge in [-0.05, 0) is 61.1 Å². The summed E-state index contributed by atoms with van der Waals surface area (Å²) in [5.41, 5.74) is 5.91. The smallest absolute Gasteiger partial charge is 0.105 e. The zero-order valence-electron chi connectivity index (χ0n) is 22.9. The van der Waals surface area contributed by atoms with Gasteiger partial charge in [-0.1, -0.05) is 75.9 Å². The fourth-order valence-electron chi connectivity index (χ4n) is 5.64. The van der Waals surface area contributed by atoms with Crippen LogP contribution in [0, 0.1) is 5.92 Å². The maximum atomic E-state index is 6.49. The predicted octanol–water partition coefficient (Wildman–Crippen LogP) is 8.07. The molecule has 2 aliphatic heterocycles. The number of halogens is 1. The van der Waals surface area contributed by atoms with Gasteiger partial charge in [-0.25, -0.2) is 4.99 Å².